The molecule has 2 unspecified atom stereocenters. The van der Waals surface area contributed by atoms with Crippen molar-refractivity contribution in [1.82, 2.24) is 4.98 Å². The zero-order chi connectivity index (χ0) is 17.5. The highest BCUT2D eigenvalue weighted by Gasteiger charge is 2.62. The van der Waals surface area contributed by atoms with E-state index in [4.69, 9.17) is 5.14 Å². The highest BCUT2D eigenvalue weighted by atomic mass is 32.2. The molecule has 1 aliphatic carbocycles. The molecule has 6 nitrogen and oxygen atoms in total. The van der Waals surface area contributed by atoms with Gasteiger partial charge in [0, 0.05) is 24.0 Å². The summed E-state index contributed by atoms with van der Waals surface area (Å²) in [6.07, 6.45) is 3.24. The first-order valence-electron chi connectivity index (χ1n) is 7.55. The smallest absolute Gasteiger partial charge is 0.238 e. The highest BCUT2D eigenvalue weighted by molar-refractivity contribution is 7.89. The molecular weight excluding hydrogens is 326 g/mol. The summed E-state index contributed by atoms with van der Waals surface area (Å²) in [5.41, 5.74) is 1.45. The number of carbonyl (C=O) groups excluding carboxylic acids is 1. The Hall–Kier alpha value is -2.25. The lowest BCUT2D eigenvalue weighted by molar-refractivity contribution is -0.118. The topological polar surface area (TPSA) is 102 Å². The Labute approximate surface area is 141 Å². The molecule has 0 spiro atoms. The van der Waals surface area contributed by atoms with Gasteiger partial charge < -0.3 is 5.32 Å². The van der Waals surface area contributed by atoms with Crippen LogP contribution < -0.4 is 10.5 Å². The summed E-state index contributed by atoms with van der Waals surface area (Å²) in [5, 5.41) is 8.02. The molecule has 0 bridgehead atoms. The van der Waals surface area contributed by atoms with Gasteiger partial charge in [-0.05, 0) is 35.2 Å². The minimum Gasteiger partial charge on any atom is -0.326 e. The molecule has 1 aromatic carbocycles. The zero-order valence-electron chi connectivity index (χ0n) is 13.4. The predicted molar refractivity (Wildman–Crippen MR) is 90.7 cm³/mol. The van der Waals surface area contributed by atoms with Gasteiger partial charge in [0.05, 0.1) is 10.8 Å². The molecule has 126 valence electrons. The Morgan fingerprint density at radius 2 is 1.71 bits per heavy atom. The number of hydrogen-bond donors (Lipinski definition) is 2. The van der Waals surface area contributed by atoms with E-state index in [1.807, 2.05) is 13.8 Å². The molecule has 3 rings (SSSR count). The average molecular weight is 345 g/mol. The predicted octanol–water partition coefficient (Wildman–Crippen LogP) is 2.11. The molecule has 1 heterocycles. The number of pyridine rings is 1. The summed E-state index contributed by atoms with van der Waals surface area (Å²) in [7, 11) is -3.71. The van der Waals surface area contributed by atoms with Crippen LogP contribution in [-0.4, -0.2) is 19.3 Å². The normalized spacial score (nSPS) is 22.0. The molecule has 1 amide bonds. The van der Waals surface area contributed by atoms with Crippen LogP contribution in [0.5, 0.6) is 0 Å². The summed E-state index contributed by atoms with van der Waals surface area (Å²) in [5.74, 6) is -0.188. The molecule has 0 radical (unpaired) electrons. The van der Waals surface area contributed by atoms with Gasteiger partial charge in [0.15, 0.2) is 0 Å². The van der Waals surface area contributed by atoms with Crippen LogP contribution in [0, 0.1) is 11.3 Å². The number of hydrogen-bond acceptors (Lipinski definition) is 4. The van der Waals surface area contributed by atoms with Gasteiger partial charge >= 0.3 is 0 Å². The van der Waals surface area contributed by atoms with E-state index in [1.54, 1.807) is 36.7 Å². The third-order valence-corrected chi connectivity index (χ3v) is 5.55. The van der Waals surface area contributed by atoms with E-state index in [2.05, 4.69) is 10.3 Å². The van der Waals surface area contributed by atoms with Crippen LogP contribution in [0.1, 0.15) is 25.3 Å². The van der Waals surface area contributed by atoms with Crippen LogP contribution in [0.3, 0.4) is 0 Å². The molecule has 1 saturated carbocycles. The second-order valence-corrected chi connectivity index (χ2v) is 8.18. The first-order chi connectivity index (χ1) is 11.2. The van der Waals surface area contributed by atoms with E-state index in [-0.39, 0.29) is 28.1 Å². The number of anilines is 1. The van der Waals surface area contributed by atoms with Crippen molar-refractivity contribution < 1.29 is 13.2 Å². The maximum absolute atomic E-state index is 12.6. The third kappa shape index (κ3) is 3.05. The maximum atomic E-state index is 12.6. The first kappa shape index (κ1) is 16.6. The van der Waals surface area contributed by atoms with E-state index in [0.29, 0.717) is 5.69 Å². The molecule has 0 saturated heterocycles. The van der Waals surface area contributed by atoms with Crippen molar-refractivity contribution in [2.75, 3.05) is 5.32 Å². The number of rotatable bonds is 4. The number of sulfonamides is 1. The van der Waals surface area contributed by atoms with Crippen molar-refractivity contribution in [2.45, 2.75) is 24.7 Å². The Morgan fingerprint density at radius 1 is 1.12 bits per heavy atom. The fraction of sp³-hybridized carbons (Fsp3) is 0.294. The number of primary sulfonamides is 1. The summed E-state index contributed by atoms with van der Waals surface area (Å²) in [6, 6.07) is 9.90. The Morgan fingerprint density at radius 3 is 2.25 bits per heavy atom. The van der Waals surface area contributed by atoms with Crippen LogP contribution in [-0.2, 0) is 14.8 Å². The maximum Gasteiger partial charge on any atom is 0.238 e. The van der Waals surface area contributed by atoms with E-state index >= 15 is 0 Å². The summed E-state index contributed by atoms with van der Waals surface area (Å²) in [6.45, 7) is 4.06. The van der Waals surface area contributed by atoms with Crippen molar-refractivity contribution in [3.63, 3.8) is 0 Å². The van der Waals surface area contributed by atoms with Crippen LogP contribution in [0.4, 0.5) is 5.69 Å². The van der Waals surface area contributed by atoms with Crippen molar-refractivity contribution in [3.05, 3.63) is 54.4 Å². The molecule has 2 atom stereocenters. The Balaban J connectivity index is 1.78. The SMILES string of the molecule is CC1(C)C(C(=O)Nc2ccncc2)C1c1ccc(S(N)(=O)=O)cc1. The van der Waals surface area contributed by atoms with Crippen LogP contribution >= 0.6 is 0 Å². The van der Waals surface area contributed by atoms with Crippen molar-refractivity contribution in [1.29, 1.82) is 0 Å². The molecule has 24 heavy (non-hydrogen) atoms. The second-order valence-electron chi connectivity index (χ2n) is 6.62. The largest absolute Gasteiger partial charge is 0.326 e. The van der Waals surface area contributed by atoms with Crippen LogP contribution in [0.15, 0.2) is 53.7 Å². The van der Waals surface area contributed by atoms with Gasteiger partial charge in [-0.1, -0.05) is 26.0 Å². The fourth-order valence-corrected chi connectivity index (χ4v) is 3.78. The van der Waals surface area contributed by atoms with E-state index in [9.17, 15) is 13.2 Å². The van der Waals surface area contributed by atoms with Gasteiger partial charge in [-0.15, -0.1) is 0 Å². The number of amides is 1. The number of carbonyl (C=O) groups is 1. The highest BCUT2D eigenvalue weighted by Crippen LogP contribution is 2.64. The first-order valence-corrected chi connectivity index (χ1v) is 9.09. The average Bonchev–Trinajstić information content (AvgIpc) is 3.10. The molecule has 1 aliphatic rings. The van der Waals surface area contributed by atoms with Crippen molar-refractivity contribution >= 4 is 21.6 Å². The second kappa shape index (κ2) is 5.68. The number of nitrogens with two attached hydrogens (primary N) is 1. The minimum absolute atomic E-state index is 0.0360. The summed E-state index contributed by atoms with van der Waals surface area (Å²) in [4.78, 5) is 16.5. The Bertz CT molecular complexity index is 862. The number of nitrogens with zero attached hydrogens (tertiary/aromatic N) is 1. The lowest BCUT2D eigenvalue weighted by atomic mass is 10.0. The van der Waals surface area contributed by atoms with Gasteiger partial charge in [-0.2, -0.15) is 0 Å². The standard InChI is InChI=1S/C17H19N3O3S/c1-17(2)14(11-3-5-13(6-4-11)24(18,22)23)15(17)16(21)20-12-7-9-19-10-8-12/h3-10,14-15H,1-2H3,(H2,18,22,23)(H,19,20,21). The number of nitrogens with one attached hydrogen (secondary N) is 1. The molecular formula is C17H19N3O3S. The van der Waals surface area contributed by atoms with E-state index < -0.39 is 10.0 Å². The van der Waals surface area contributed by atoms with Gasteiger partial charge in [-0.25, -0.2) is 13.6 Å². The van der Waals surface area contributed by atoms with Crippen molar-refractivity contribution in [3.8, 4) is 0 Å². The quantitative estimate of drug-likeness (QED) is 0.886. The molecule has 7 heteroatoms. The van der Waals surface area contributed by atoms with Gasteiger partial charge in [0.25, 0.3) is 0 Å². The van der Waals surface area contributed by atoms with Crippen molar-refractivity contribution in [2.24, 2.45) is 16.5 Å². The molecule has 3 N–H and O–H groups in total. The van der Waals surface area contributed by atoms with Gasteiger partial charge in [0.2, 0.25) is 15.9 Å². The van der Waals surface area contributed by atoms with E-state index in [0.717, 1.165) is 5.56 Å². The molecule has 0 aliphatic heterocycles. The number of benzene rings is 1. The van der Waals surface area contributed by atoms with Crippen LogP contribution in [0.25, 0.3) is 0 Å². The molecule has 1 aromatic heterocycles. The fourth-order valence-electron chi connectivity index (χ4n) is 3.27. The molecule has 2 aromatic rings. The third-order valence-electron chi connectivity index (χ3n) is 4.63. The summed E-state index contributed by atoms with van der Waals surface area (Å²) < 4.78 is 22.7. The Kier molecular flexibility index (Phi) is 3.93. The van der Waals surface area contributed by atoms with Crippen LogP contribution in [0.2, 0.25) is 0 Å². The van der Waals surface area contributed by atoms with Gasteiger partial charge in [0.1, 0.15) is 0 Å². The minimum atomic E-state index is -3.71. The monoisotopic (exact) mass is 345 g/mol. The lowest BCUT2D eigenvalue weighted by Crippen LogP contribution is -2.16. The zero-order valence-corrected chi connectivity index (χ0v) is 14.2. The number of aromatic nitrogens is 1. The summed E-state index contributed by atoms with van der Waals surface area (Å²) >= 11 is 0. The van der Waals surface area contributed by atoms with Gasteiger partial charge in [-0.3, -0.25) is 9.78 Å². The lowest BCUT2D eigenvalue weighted by Gasteiger charge is -2.05. The molecule has 1 fully saturated rings. The van der Waals surface area contributed by atoms with E-state index in [1.165, 1.54) is 12.1 Å².